The summed E-state index contributed by atoms with van der Waals surface area (Å²) in [7, 11) is 1.88. The standard InChI is InChI=1S/C14H23NO3/c1-12(9-16)15(2)8-14(17)11-18-10-13-6-4-3-5-7-13/h3-7,12,14,16-17H,8-11H2,1-2H3. The SMILES string of the molecule is CC(CO)N(C)CC(O)COCc1ccccc1. The maximum absolute atomic E-state index is 9.79. The highest BCUT2D eigenvalue weighted by atomic mass is 16.5. The Morgan fingerprint density at radius 1 is 1.28 bits per heavy atom. The maximum Gasteiger partial charge on any atom is 0.0900 e. The molecule has 0 saturated carbocycles. The highest BCUT2D eigenvalue weighted by Crippen LogP contribution is 2.02. The zero-order chi connectivity index (χ0) is 13.4. The molecule has 0 radical (unpaired) electrons. The molecule has 2 atom stereocenters. The zero-order valence-corrected chi connectivity index (χ0v) is 11.1. The van der Waals surface area contributed by atoms with Crippen LogP contribution in [0.3, 0.4) is 0 Å². The van der Waals surface area contributed by atoms with Crippen molar-refractivity contribution < 1.29 is 14.9 Å². The van der Waals surface area contributed by atoms with Crippen molar-refractivity contribution >= 4 is 0 Å². The Kier molecular flexibility index (Phi) is 6.90. The Bertz CT molecular complexity index is 318. The molecule has 0 heterocycles. The van der Waals surface area contributed by atoms with E-state index in [1.165, 1.54) is 0 Å². The number of aliphatic hydroxyl groups is 2. The Morgan fingerprint density at radius 3 is 2.56 bits per heavy atom. The van der Waals surface area contributed by atoms with Gasteiger partial charge in [0.25, 0.3) is 0 Å². The van der Waals surface area contributed by atoms with Crippen LogP contribution in [0.4, 0.5) is 0 Å². The van der Waals surface area contributed by atoms with E-state index < -0.39 is 6.10 Å². The highest BCUT2D eigenvalue weighted by Gasteiger charge is 2.13. The lowest BCUT2D eigenvalue weighted by atomic mass is 10.2. The van der Waals surface area contributed by atoms with Crippen LogP contribution in [0.1, 0.15) is 12.5 Å². The number of ether oxygens (including phenoxy) is 1. The van der Waals surface area contributed by atoms with Gasteiger partial charge in [0.05, 0.1) is 25.9 Å². The molecule has 0 amide bonds. The first-order valence-corrected chi connectivity index (χ1v) is 6.24. The summed E-state index contributed by atoms with van der Waals surface area (Å²) in [6.45, 7) is 3.32. The number of rotatable bonds is 8. The van der Waals surface area contributed by atoms with Gasteiger partial charge in [-0.3, -0.25) is 4.90 Å². The number of likely N-dealkylation sites (N-methyl/N-ethyl adjacent to an activating group) is 1. The number of nitrogens with zero attached hydrogens (tertiary/aromatic N) is 1. The monoisotopic (exact) mass is 253 g/mol. The topological polar surface area (TPSA) is 52.9 Å². The first-order valence-electron chi connectivity index (χ1n) is 6.24. The summed E-state index contributed by atoms with van der Waals surface area (Å²) in [5.74, 6) is 0. The summed E-state index contributed by atoms with van der Waals surface area (Å²) in [5, 5.41) is 18.8. The molecule has 0 aliphatic heterocycles. The first-order chi connectivity index (χ1) is 8.63. The lowest BCUT2D eigenvalue weighted by molar-refractivity contribution is 0.00472. The van der Waals surface area contributed by atoms with E-state index in [1.54, 1.807) is 0 Å². The molecular weight excluding hydrogens is 230 g/mol. The zero-order valence-electron chi connectivity index (χ0n) is 11.1. The highest BCUT2D eigenvalue weighted by molar-refractivity contribution is 5.13. The van der Waals surface area contributed by atoms with E-state index in [9.17, 15) is 5.11 Å². The second-order valence-corrected chi connectivity index (χ2v) is 4.63. The molecule has 4 nitrogen and oxygen atoms in total. The van der Waals surface area contributed by atoms with Gasteiger partial charge in [0.2, 0.25) is 0 Å². The first kappa shape index (κ1) is 15.1. The molecule has 1 aromatic rings. The molecule has 0 spiro atoms. The largest absolute Gasteiger partial charge is 0.395 e. The fourth-order valence-electron chi connectivity index (χ4n) is 1.59. The minimum atomic E-state index is -0.535. The molecule has 0 aliphatic rings. The molecule has 102 valence electrons. The van der Waals surface area contributed by atoms with Gasteiger partial charge in [0.15, 0.2) is 0 Å². The number of benzene rings is 1. The van der Waals surface area contributed by atoms with Gasteiger partial charge in [0.1, 0.15) is 0 Å². The van der Waals surface area contributed by atoms with Crippen LogP contribution < -0.4 is 0 Å². The normalized spacial score (nSPS) is 14.7. The minimum Gasteiger partial charge on any atom is -0.395 e. The van der Waals surface area contributed by atoms with Crippen LogP contribution >= 0.6 is 0 Å². The molecule has 2 N–H and O–H groups in total. The van der Waals surface area contributed by atoms with Gasteiger partial charge in [0, 0.05) is 12.6 Å². The van der Waals surface area contributed by atoms with E-state index in [4.69, 9.17) is 9.84 Å². The van der Waals surface area contributed by atoms with Gasteiger partial charge in [-0.05, 0) is 19.5 Å². The van der Waals surface area contributed by atoms with E-state index >= 15 is 0 Å². The number of aliphatic hydroxyl groups excluding tert-OH is 2. The van der Waals surface area contributed by atoms with Crippen molar-refractivity contribution in [3.05, 3.63) is 35.9 Å². The molecule has 1 aromatic carbocycles. The van der Waals surface area contributed by atoms with Crippen LogP contribution in [0.25, 0.3) is 0 Å². The van der Waals surface area contributed by atoms with Crippen LogP contribution in [-0.4, -0.2) is 54.1 Å². The predicted molar refractivity (Wildman–Crippen MR) is 71.3 cm³/mol. The second kappa shape index (κ2) is 8.21. The van der Waals surface area contributed by atoms with Gasteiger partial charge in [-0.25, -0.2) is 0 Å². The van der Waals surface area contributed by atoms with Gasteiger partial charge in [-0.1, -0.05) is 30.3 Å². The van der Waals surface area contributed by atoms with Gasteiger partial charge < -0.3 is 14.9 Å². The van der Waals surface area contributed by atoms with Crippen molar-refractivity contribution in [2.75, 3.05) is 26.8 Å². The van der Waals surface area contributed by atoms with Crippen LogP contribution in [0.5, 0.6) is 0 Å². The summed E-state index contributed by atoms with van der Waals surface area (Å²) in [6.07, 6.45) is -0.535. The number of hydrogen-bond acceptors (Lipinski definition) is 4. The third-order valence-electron chi connectivity index (χ3n) is 2.94. The van der Waals surface area contributed by atoms with E-state index in [1.807, 2.05) is 49.2 Å². The van der Waals surface area contributed by atoms with Gasteiger partial charge >= 0.3 is 0 Å². The lowest BCUT2D eigenvalue weighted by Gasteiger charge is -2.25. The molecule has 0 saturated heterocycles. The molecular formula is C14H23NO3. The van der Waals surface area contributed by atoms with E-state index in [0.717, 1.165) is 5.56 Å². The molecule has 2 unspecified atom stereocenters. The molecule has 0 aliphatic carbocycles. The fraction of sp³-hybridized carbons (Fsp3) is 0.571. The Morgan fingerprint density at radius 2 is 1.94 bits per heavy atom. The second-order valence-electron chi connectivity index (χ2n) is 4.63. The summed E-state index contributed by atoms with van der Waals surface area (Å²) in [6, 6.07) is 9.92. The molecule has 0 aromatic heterocycles. The molecule has 1 rings (SSSR count). The maximum atomic E-state index is 9.79. The smallest absolute Gasteiger partial charge is 0.0900 e. The molecule has 0 bridgehead atoms. The Balaban J connectivity index is 2.19. The minimum absolute atomic E-state index is 0.0498. The summed E-state index contributed by atoms with van der Waals surface area (Å²) in [5.41, 5.74) is 1.10. The Labute approximate surface area is 109 Å². The van der Waals surface area contributed by atoms with Crippen LogP contribution in [0, 0.1) is 0 Å². The molecule has 18 heavy (non-hydrogen) atoms. The van der Waals surface area contributed by atoms with Gasteiger partial charge in [-0.15, -0.1) is 0 Å². The fourth-order valence-corrected chi connectivity index (χ4v) is 1.59. The predicted octanol–water partition coefficient (Wildman–Crippen LogP) is 0.877. The van der Waals surface area contributed by atoms with Crippen molar-refractivity contribution in [1.82, 2.24) is 4.90 Å². The summed E-state index contributed by atoms with van der Waals surface area (Å²) >= 11 is 0. The van der Waals surface area contributed by atoms with E-state index in [-0.39, 0.29) is 12.6 Å². The Hall–Kier alpha value is -0.940. The summed E-state index contributed by atoms with van der Waals surface area (Å²) in [4.78, 5) is 1.91. The molecule has 0 fully saturated rings. The van der Waals surface area contributed by atoms with Crippen molar-refractivity contribution in [1.29, 1.82) is 0 Å². The number of hydrogen-bond donors (Lipinski definition) is 2. The van der Waals surface area contributed by atoms with E-state index in [2.05, 4.69) is 0 Å². The average Bonchev–Trinajstić information content (AvgIpc) is 2.38. The third kappa shape index (κ3) is 5.60. The van der Waals surface area contributed by atoms with Gasteiger partial charge in [-0.2, -0.15) is 0 Å². The van der Waals surface area contributed by atoms with Crippen LogP contribution in [0.15, 0.2) is 30.3 Å². The van der Waals surface area contributed by atoms with E-state index in [0.29, 0.717) is 19.8 Å². The van der Waals surface area contributed by atoms with Crippen molar-refractivity contribution in [2.45, 2.75) is 25.7 Å². The van der Waals surface area contributed by atoms with Crippen LogP contribution in [-0.2, 0) is 11.3 Å². The quantitative estimate of drug-likeness (QED) is 0.722. The average molecular weight is 253 g/mol. The van der Waals surface area contributed by atoms with Crippen molar-refractivity contribution in [3.8, 4) is 0 Å². The molecule has 4 heteroatoms. The van der Waals surface area contributed by atoms with Crippen LogP contribution in [0.2, 0.25) is 0 Å². The van der Waals surface area contributed by atoms with Crippen molar-refractivity contribution in [2.24, 2.45) is 0 Å². The third-order valence-corrected chi connectivity index (χ3v) is 2.94. The van der Waals surface area contributed by atoms with Crippen molar-refractivity contribution in [3.63, 3.8) is 0 Å². The summed E-state index contributed by atoms with van der Waals surface area (Å²) < 4.78 is 5.46. The lowest BCUT2D eigenvalue weighted by Crippen LogP contribution is -2.39.